The fourth-order valence-electron chi connectivity index (χ4n) is 1.78. The van der Waals surface area contributed by atoms with Crippen LogP contribution in [0.15, 0.2) is 49.4 Å². The van der Waals surface area contributed by atoms with Crippen molar-refractivity contribution in [1.29, 1.82) is 0 Å². The Morgan fingerprint density at radius 3 is 3.00 bits per heavy atom. The number of aromatic nitrogens is 2. The summed E-state index contributed by atoms with van der Waals surface area (Å²) in [4.78, 5) is 12.6. The van der Waals surface area contributed by atoms with Gasteiger partial charge < -0.3 is 9.15 Å². The Bertz CT molecular complexity index is 829. The number of ether oxygens (including phenoxy) is 1. The summed E-state index contributed by atoms with van der Waals surface area (Å²) in [6.07, 6.45) is 0. The topological polar surface area (TPSA) is 57.3 Å². The van der Waals surface area contributed by atoms with Crippen LogP contribution in [0, 0.1) is 0 Å². The first kappa shape index (κ1) is 15.3. The zero-order valence-corrected chi connectivity index (χ0v) is 14.3. The number of nitrogens with zero attached hydrogens (tertiary/aromatic N) is 2. The van der Waals surface area contributed by atoms with Crippen molar-refractivity contribution in [1.82, 2.24) is 9.78 Å². The van der Waals surface area contributed by atoms with Crippen LogP contribution >= 0.6 is 38.9 Å². The normalized spacial score (nSPS) is 10.8. The fourth-order valence-corrected chi connectivity index (χ4v) is 3.22. The predicted octanol–water partition coefficient (Wildman–Crippen LogP) is 4.06. The Hall–Kier alpha value is -1.57. The lowest BCUT2D eigenvalue weighted by Crippen LogP contribution is -2.20. The van der Waals surface area contributed by atoms with E-state index in [4.69, 9.17) is 20.8 Å². The zero-order valence-electron chi connectivity index (χ0n) is 11.2. The maximum Gasteiger partial charge on any atom is 0.437 e. The van der Waals surface area contributed by atoms with Crippen molar-refractivity contribution in [3.8, 4) is 16.5 Å². The minimum absolute atomic E-state index is 0.288. The van der Waals surface area contributed by atoms with E-state index in [2.05, 4.69) is 21.0 Å². The molecule has 3 aromatic rings. The van der Waals surface area contributed by atoms with Gasteiger partial charge in [-0.05, 0) is 45.6 Å². The maximum absolute atomic E-state index is 11.7. The maximum atomic E-state index is 11.7. The monoisotopic (exact) mass is 400 g/mol. The highest BCUT2D eigenvalue weighted by Crippen LogP contribution is 2.28. The van der Waals surface area contributed by atoms with Crippen LogP contribution in [0.25, 0.3) is 10.8 Å². The van der Waals surface area contributed by atoms with Gasteiger partial charge in [-0.3, -0.25) is 0 Å². The predicted molar refractivity (Wildman–Crippen MR) is 88.7 cm³/mol. The lowest BCUT2D eigenvalue weighted by atomic mass is 10.3. The van der Waals surface area contributed by atoms with Crippen LogP contribution in [0.4, 0.5) is 0 Å². The third-order valence-corrected chi connectivity index (χ3v) is 4.51. The van der Waals surface area contributed by atoms with Crippen LogP contribution in [0.3, 0.4) is 0 Å². The largest absolute Gasteiger partial charge is 0.490 e. The molecule has 0 aliphatic heterocycles. The molecule has 0 spiro atoms. The van der Waals surface area contributed by atoms with Crippen molar-refractivity contribution in [3.05, 3.63) is 55.8 Å². The molecule has 0 amide bonds. The number of hydrogen-bond acceptors (Lipinski definition) is 5. The van der Waals surface area contributed by atoms with Crippen molar-refractivity contribution in [2.45, 2.75) is 6.54 Å². The van der Waals surface area contributed by atoms with Crippen LogP contribution in [0.1, 0.15) is 0 Å². The van der Waals surface area contributed by atoms with Gasteiger partial charge in [0.15, 0.2) is 0 Å². The van der Waals surface area contributed by atoms with Crippen LogP contribution in [0.5, 0.6) is 5.75 Å². The third kappa shape index (κ3) is 3.43. The molecule has 114 valence electrons. The molecule has 0 aliphatic rings. The van der Waals surface area contributed by atoms with Gasteiger partial charge in [0.25, 0.3) is 5.89 Å². The van der Waals surface area contributed by atoms with Crippen LogP contribution in [0.2, 0.25) is 5.02 Å². The van der Waals surface area contributed by atoms with Crippen molar-refractivity contribution < 1.29 is 9.15 Å². The number of hydrogen-bond donors (Lipinski definition) is 0. The molecule has 0 saturated carbocycles. The first-order valence-corrected chi connectivity index (χ1v) is 8.38. The Kier molecular flexibility index (Phi) is 4.66. The minimum Gasteiger partial charge on any atom is -0.490 e. The van der Waals surface area contributed by atoms with Gasteiger partial charge in [0.2, 0.25) is 0 Å². The molecule has 0 aliphatic carbocycles. The second kappa shape index (κ2) is 6.68. The lowest BCUT2D eigenvalue weighted by Gasteiger charge is -2.07. The Labute approximate surface area is 143 Å². The molecule has 8 heteroatoms. The molecule has 3 rings (SSSR count). The average Bonchev–Trinajstić information content (AvgIpc) is 3.11. The third-order valence-electron chi connectivity index (χ3n) is 2.79. The van der Waals surface area contributed by atoms with Gasteiger partial charge in [0.05, 0.1) is 15.9 Å². The second-order valence-electron chi connectivity index (χ2n) is 4.30. The Morgan fingerprint density at radius 1 is 1.41 bits per heavy atom. The highest BCUT2D eigenvalue weighted by atomic mass is 79.9. The van der Waals surface area contributed by atoms with Crippen LogP contribution < -0.4 is 10.5 Å². The highest BCUT2D eigenvalue weighted by Gasteiger charge is 2.11. The van der Waals surface area contributed by atoms with E-state index in [0.29, 0.717) is 23.2 Å². The molecule has 5 nitrogen and oxygen atoms in total. The Morgan fingerprint density at radius 2 is 2.27 bits per heavy atom. The standard InChI is InChI=1S/C14H10BrClN2O3S/c15-10-8-9(16)3-4-11(10)20-6-5-18-14(19)21-13(17-18)12-2-1-7-22-12/h1-4,7-8H,5-6H2. The van der Waals surface area contributed by atoms with Crippen molar-refractivity contribution >= 4 is 38.9 Å². The summed E-state index contributed by atoms with van der Waals surface area (Å²) in [6.45, 7) is 0.583. The number of rotatable bonds is 5. The van der Waals surface area contributed by atoms with E-state index in [1.165, 1.54) is 16.0 Å². The molecule has 0 radical (unpaired) electrons. The number of halogens is 2. The smallest absolute Gasteiger partial charge is 0.437 e. The summed E-state index contributed by atoms with van der Waals surface area (Å²) in [6, 6.07) is 8.96. The zero-order chi connectivity index (χ0) is 15.5. The molecule has 22 heavy (non-hydrogen) atoms. The molecule has 2 aromatic heterocycles. The molecule has 0 N–H and O–H groups in total. The molecule has 0 bridgehead atoms. The van der Waals surface area contributed by atoms with Gasteiger partial charge in [-0.25, -0.2) is 4.79 Å². The molecule has 0 saturated heterocycles. The average molecular weight is 402 g/mol. The Balaban J connectivity index is 1.66. The molecule has 1 aromatic carbocycles. The lowest BCUT2D eigenvalue weighted by molar-refractivity contribution is 0.284. The molecule has 2 heterocycles. The van der Waals surface area contributed by atoms with E-state index in [9.17, 15) is 4.79 Å². The van der Waals surface area contributed by atoms with Crippen LogP contribution in [-0.4, -0.2) is 16.4 Å². The molecule has 0 fully saturated rings. The SMILES string of the molecule is O=c1oc(-c2cccs2)nn1CCOc1ccc(Cl)cc1Br. The van der Waals surface area contributed by atoms with Crippen molar-refractivity contribution in [2.24, 2.45) is 0 Å². The van der Waals surface area contributed by atoms with Gasteiger partial charge >= 0.3 is 5.76 Å². The second-order valence-corrected chi connectivity index (χ2v) is 6.54. The van der Waals surface area contributed by atoms with Gasteiger partial charge in [0.1, 0.15) is 12.4 Å². The van der Waals surface area contributed by atoms with Crippen molar-refractivity contribution in [2.75, 3.05) is 6.61 Å². The first-order valence-electron chi connectivity index (χ1n) is 6.33. The molecule has 0 atom stereocenters. The minimum atomic E-state index is -0.498. The quantitative estimate of drug-likeness (QED) is 0.647. The van der Waals surface area contributed by atoms with E-state index in [-0.39, 0.29) is 6.61 Å². The van der Waals surface area contributed by atoms with E-state index in [0.717, 1.165) is 9.35 Å². The number of thiophene rings is 1. The van der Waals surface area contributed by atoms with E-state index in [1.54, 1.807) is 18.2 Å². The summed E-state index contributed by atoms with van der Waals surface area (Å²) in [5.74, 6) is 0.481. The van der Waals surface area contributed by atoms with Gasteiger partial charge in [-0.15, -0.1) is 16.4 Å². The van der Waals surface area contributed by atoms with Gasteiger partial charge in [0, 0.05) is 5.02 Å². The molecular weight excluding hydrogens is 392 g/mol. The summed E-state index contributed by atoms with van der Waals surface area (Å²) in [5.41, 5.74) is 0. The highest BCUT2D eigenvalue weighted by molar-refractivity contribution is 9.10. The fraction of sp³-hybridized carbons (Fsp3) is 0.143. The van der Waals surface area contributed by atoms with E-state index in [1.807, 2.05) is 17.5 Å². The van der Waals surface area contributed by atoms with Crippen LogP contribution in [-0.2, 0) is 6.54 Å². The van der Waals surface area contributed by atoms with Gasteiger partial charge in [-0.1, -0.05) is 17.7 Å². The molecular formula is C14H10BrClN2O3S. The summed E-state index contributed by atoms with van der Waals surface area (Å²) in [7, 11) is 0. The summed E-state index contributed by atoms with van der Waals surface area (Å²) in [5, 5.41) is 6.67. The van der Waals surface area contributed by atoms with Crippen molar-refractivity contribution in [3.63, 3.8) is 0 Å². The summed E-state index contributed by atoms with van der Waals surface area (Å²) < 4.78 is 12.7. The summed E-state index contributed by atoms with van der Waals surface area (Å²) >= 11 is 10.7. The van der Waals surface area contributed by atoms with E-state index >= 15 is 0 Å². The van der Waals surface area contributed by atoms with E-state index < -0.39 is 5.76 Å². The number of benzene rings is 1. The molecule has 0 unspecified atom stereocenters. The van der Waals surface area contributed by atoms with Gasteiger partial charge in [-0.2, -0.15) is 4.68 Å². The first-order chi connectivity index (χ1) is 10.6.